The molecule has 0 N–H and O–H groups in total. The van der Waals surface area contributed by atoms with Crippen LogP contribution in [0, 0.1) is 17.2 Å². The van der Waals surface area contributed by atoms with Gasteiger partial charge in [-0.3, -0.25) is 0 Å². The van der Waals surface area contributed by atoms with Gasteiger partial charge < -0.3 is 0 Å². The van der Waals surface area contributed by atoms with Crippen LogP contribution in [0.4, 0.5) is 0 Å². The molecule has 1 aliphatic rings. The van der Waals surface area contributed by atoms with E-state index >= 15 is 0 Å². The lowest BCUT2D eigenvalue weighted by molar-refractivity contribution is 0.444. The second-order valence-electron chi connectivity index (χ2n) is 4.80. The molecule has 0 spiro atoms. The molecule has 2 heterocycles. The molecule has 1 fully saturated rings. The molecule has 0 saturated carbocycles. The Morgan fingerprint density at radius 3 is 2.89 bits per heavy atom. The first-order chi connectivity index (χ1) is 9.07. The quantitative estimate of drug-likeness (QED) is 0.841. The molecule has 1 aromatic rings. The number of sulfonamides is 1. The summed E-state index contributed by atoms with van der Waals surface area (Å²) in [6.07, 6.45) is 4.34. The van der Waals surface area contributed by atoms with Gasteiger partial charge in [0.2, 0.25) is 10.0 Å². The van der Waals surface area contributed by atoms with E-state index in [4.69, 9.17) is 5.26 Å². The number of pyridine rings is 1. The Balaban J connectivity index is 2.16. The van der Waals surface area contributed by atoms with Crippen molar-refractivity contribution in [2.45, 2.75) is 31.1 Å². The second-order valence-corrected chi connectivity index (χ2v) is 6.74. The van der Waals surface area contributed by atoms with E-state index in [1.165, 1.54) is 22.6 Å². The first-order valence-electron chi connectivity index (χ1n) is 6.44. The van der Waals surface area contributed by atoms with Gasteiger partial charge >= 0.3 is 0 Å². The molecule has 2 rings (SSSR count). The minimum atomic E-state index is -3.45. The molecule has 0 radical (unpaired) electrons. The molecule has 1 saturated heterocycles. The summed E-state index contributed by atoms with van der Waals surface area (Å²) in [7, 11) is -3.45. The van der Waals surface area contributed by atoms with E-state index in [0.717, 1.165) is 19.3 Å². The van der Waals surface area contributed by atoms with Gasteiger partial charge in [-0.15, -0.1) is 0 Å². The average molecular weight is 279 g/mol. The Bertz CT molecular complexity index is 575. The van der Waals surface area contributed by atoms with Crippen LogP contribution in [-0.2, 0) is 10.0 Å². The lowest BCUT2D eigenvalue weighted by Gasteiger charge is -2.16. The number of hydrogen-bond acceptors (Lipinski definition) is 4. The lowest BCUT2D eigenvalue weighted by Crippen LogP contribution is -2.29. The lowest BCUT2D eigenvalue weighted by atomic mass is 10.0. The van der Waals surface area contributed by atoms with Crippen molar-refractivity contribution in [3.8, 4) is 6.07 Å². The van der Waals surface area contributed by atoms with E-state index in [-0.39, 0.29) is 10.6 Å². The maximum absolute atomic E-state index is 12.4. The molecule has 0 bridgehead atoms. The molecule has 1 aliphatic heterocycles. The van der Waals surface area contributed by atoms with Gasteiger partial charge in [0, 0.05) is 19.3 Å². The van der Waals surface area contributed by atoms with Crippen molar-refractivity contribution in [2.75, 3.05) is 13.1 Å². The third-order valence-corrected chi connectivity index (χ3v) is 5.28. The standard InChI is InChI=1S/C13H17N3O2S/c1-2-3-11-6-7-16(10-11)19(17,18)13-5-4-12(8-14)15-9-13/h4-5,9,11H,2-3,6-7,10H2,1H3. The molecular weight excluding hydrogens is 262 g/mol. The first kappa shape index (κ1) is 14.0. The summed E-state index contributed by atoms with van der Waals surface area (Å²) in [4.78, 5) is 3.99. The van der Waals surface area contributed by atoms with Crippen LogP contribution in [0.2, 0.25) is 0 Å². The van der Waals surface area contributed by atoms with E-state index in [1.807, 2.05) is 6.07 Å². The summed E-state index contributed by atoms with van der Waals surface area (Å²) in [5, 5.41) is 8.66. The monoisotopic (exact) mass is 279 g/mol. The average Bonchev–Trinajstić information content (AvgIpc) is 2.89. The highest BCUT2D eigenvalue weighted by molar-refractivity contribution is 7.89. The van der Waals surface area contributed by atoms with Crippen molar-refractivity contribution in [3.63, 3.8) is 0 Å². The Morgan fingerprint density at radius 1 is 1.53 bits per heavy atom. The van der Waals surface area contributed by atoms with E-state index in [1.54, 1.807) is 0 Å². The SMILES string of the molecule is CCCC1CCN(S(=O)(=O)c2ccc(C#N)nc2)C1. The fraction of sp³-hybridized carbons (Fsp3) is 0.538. The molecule has 19 heavy (non-hydrogen) atoms. The summed E-state index contributed by atoms with van der Waals surface area (Å²) < 4.78 is 26.3. The molecule has 1 aromatic heterocycles. The van der Waals surface area contributed by atoms with Gasteiger partial charge in [-0.2, -0.15) is 9.57 Å². The zero-order valence-corrected chi connectivity index (χ0v) is 11.7. The van der Waals surface area contributed by atoms with Gasteiger partial charge in [-0.25, -0.2) is 13.4 Å². The third-order valence-electron chi connectivity index (χ3n) is 3.43. The van der Waals surface area contributed by atoms with Crippen LogP contribution in [0.5, 0.6) is 0 Å². The van der Waals surface area contributed by atoms with Gasteiger partial charge in [0.25, 0.3) is 0 Å². The summed E-state index contributed by atoms with van der Waals surface area (Å²) in [5.41, 5.74) is 0.226. The summed E-state index contributed by atoms with van der Waals surface area (Å²) in [6, 6.07) is 4.77. The van der Waals surface area contributed by atoms with Crippen LogP contribution < -0.4 is 0 Å². The van der Waals surface area contributed by atoms with Gasteiger partial charge in [0.05, 0.1) is 0 Å². The Morgan fingerprint density at radius 2 is 2.32 bits per heavy atom. The molecule has 0 aromatic carbocycles. The number of nitriles is 1. The maximum Gasteiger partial charge on any atom is 0.244 e. The number of aromatic nitrogens is 1. The molecule has 0 amide bonds. The highest BCUT2D eigenvalue weighted by Gasteiger charge is 2.32. The van der Waals surface area contributed by atoms with Gasteiger partial charge in [-0.1, -0.05) is 13.3 Å². The molecule has 5 nitrogen and oxygen atoms in total. The van der Waals surface area contributed by atoms with Crippen molar-refractivity contribution in [1.29, 1.82) is 5.26 Å². The predicted octanol–water partition coefficient (Wildman–Crippen LogP) is 1.76. The Hall–Kier alpha value is -1.45. The van der Waals surface area contributed by atoms with Crippen LogP contribution in [0.1, 0.15) is 31.9 Å². The zero-order valence-electron chi connectivity index (χ0n) is 10.9. The summed E-state index contributed by atoms with van der Waals surface area (Å²) in [6.45, 7) is 3.28. The topological polar surface area (TPSA) is 74.1 Å². The maximum atomic E-state index is 12.4. The van der Waals surface area contributed by atoms with Crippen LogP contribution in [0.3, 0.4) is 0 Å². The highest BCUT2D eigenvalue weighted by Crippen LogP contribution is 2.26. The Kier molecular flexibility index (Phi) is 4.17. The molecule has 1 unspecified atom stereocenters. The molecule has 1 atom stereocenters. The minimum absolute atomic E-state index is 0.170. The molecule has 0 aliphatic carbocycles. The molecule has 102 valence electrons. The second kappa shape index (κ2) is 5.68. The van der Waals surface area contributed by atoms with Crippen molar-refractivity contribution in [1.82, 2.24) is 9.29 Å². The van der Waals surface area contributed by atoms with Crippen molar-refractivity contribution in [3.05, 3.63) is 24.0 Å². The largest absolute Gasteiger partial charge is 0.244 e. The van der Waals surface area contributed by atoms with Gasteiger partial charge in [-0.05, 0) is 30.9 Å². The van der Waals surface area contributed by atoms with Gasteiger partial charge in [0.15, 0.2) is 0 Å². The third kappa shape index (κ3) is 2.94. The fourth-order valence-corrected chi connectivity index (χ4v) is 3.88. The normalized spacial score (nSPS) is 20.3. The molecule has 6 heteroatoms. The smallest absolute Gasteiger partial charge is 0.244 e. The zero-order chi connectivity index (χ0) is 13.9. The van der Waals surface area contributed by atoms with Crippen molar-refractivity contribution >= 4 is 10.0 Å². The van der Waals surface area contributed by atoms with E-state index in [0.29, 0.717) is 19.0 Å². The number of nitrogens with zero attached hydrogens (tertiary/aromatic N) is 3. The van der Waals surface area contributed by atoms with E-state index in [9.17, 15) is 8.42 Å². The fourth-order valence-electron chi connectivity index (χ4n) is 2.41. The number of hydrogen-bond donors (Lipinski definition) is 0. The number of rotatable bonds is 4. The Labute approximate surface area is 113 Å². The minimum Gasteiger partial charge on any atom is -0.244 e. The summed E-state index contributed by atoms with van der Waals surface area (Å²) in [5.74, 6) is 0.464. The van der Waals surface area contributed by atoms with Crippen molar-refractivity contribution < 1.29 is 8.42 Å². The predicted molar refractivity (Wildman–Crippen MR) is 70.7 cm³/mol. The first-order valence-corrected chi connectivity index (χ1v) is 7.88. The van der Waals surface area contributed by atoms with Crippen molar-refractivity contribution in [2.24, 2.45) is 5.92 Å². The van der Waals surface area contributed by atoms with Crippen LogP contribution >= 0.6 is 0 Å². The van der Waals surface area contributed by atoms with Crippen LogP contribution in [0.25, 0.3) is 0 Å². The highest BCUT2D eigenvalue weighted by atomic mass is 32.2. The van der Waals surface area contributed by atoms with E-state index < -0.39 is 10.0 Å². The van der Waals surface area contributed by atoms with Crippen LogP contribution in [-0.4, -0.2) is 30.8 Å². The molecular formula is C13H17N3O2S. The summed E-state index contributed by atoms with van der Waals surface area (Å²) >= 11 is 0. The van der Waals surface area contributed by atoms with E-state index in [2.05, 4.69) is 11.9 Å². The van der Waals surface area contributed by atoms with Crippen LogP contribution in [0.15, 0.2) is 23.2 Å². The van der Waals surface area contributed by atoms with Gasteiger partial charge in [0.1, 0.15) is 16.7 Å².